The molecule has 0 amide bonds. The molecule has 1 aromatic carbocycles. The Labute approximate surface area is 101 Å². The number of hydrogen-bond donors (Lipinski definition) is 0. The largest absolute Gasteiger partial charge is 0.490 e. The number of methoxy groups -OCH3 is 1. The van der Waals surface area contributed by atoms with Crippen molar-refractivity contribution >= 4 is 5.69 Å². The minimum absolute atomic E-state index is 0.00588. The number of alkyl halides is 6. The molecule has 0 aliphatic carbocycles. The van der Waals surface area contributed by atoms with Gasteiger partial charge in [-0.3, -0.25) is 10.1 Å². The minimum atomic E-state index is -5.21. The Kier molecular flexibility index (Phi) is 3.64. The van der Waals surface area contributed by atoms with Gasteiger partial charge in [-0.15, -0.1) is 0 Å². The zero-order chi connectivity index (χ0) is 15.0. The molecule has 19 heavy (non-hydrogen) atoms. The van der Waals surface area contributed by atoms with Crippen molar-refractivity contribution in [3.8, 4) is 5.75 Å². The van der Waals surface area contributed by atoms with E-state index in [1.165, 1.54) is 0 Å². The van der Waals surface area contributed by atoms with Gasteiger partial charge in [-0.1, -0.05) is 0 Å². The first-order chi connectivity index (χ1) is 8.48. The number of ether oxygens (including phenoxy) is 1. The number of hydrogen-bond acceptors (Lipinski definition) is 3. The maximum absolute atomic E-state index is 12.6. The summed E-state index contributed by atoms with van der Waals surface area (Å²) in [6.45, 7) is 0. The number of nitro benzene ring substituents is 1. The smallest absolute Gasteiger partial charge is 0.420 e. The van der Waals surface area contributed by atoms with Crippen LogP contribution in [0.15, 0.2) is 12.1 Å². The van der Waals surface area contributed by atoms with Crippen LogP contribution in [0.5, 0.6) is 5.75 Å². The lowest BCUT2D eigenvalue weighted by Gasteiger charge is -2.15. The second-order valence-electron chi connectivity index (χ2n) is 3.33. The number of rotatable bonds is 2. The van der Waals surface area contributed by atoms with Gasteiger partial charge >= 0.3 is 18.0 Å². The molecule has 0 aromatic heterocycles. The van der Waals surface area contributed by atoms with E-state index in [9.17, 15) is 36.5 Å². The fourth-order valence-electron chi connectivity index (χ4n) is 1.34. The standard InChI is InChI=1S/C9H5F6NO3/c1-19-7-5(9(13,14)15)2-4(8(10,11)12)3-6(7)16(17)18/h2-3H,1H3. The third-order valence-electron chi connectivity index (χ3n) is 2.10. The van der Waals surface area contributed by atoms with Gasteiger partial charge in [-0.05, 0) is 6.07 Å². The average Bonchev–Trinajstić information content (AvgIpc) is 2.24. The summed E-state index contributed by atoms with van der Waals surface area (Å²) >= 11 is 0. The van der Waals surface area contributed by atoms with E-state index in [-0.39, 0.29) is 12.1 Å². The van der Waals surface area contributed by atoms with Crippen molar-refractivity contribution < 1.29 is 36.0 Å². The first-order valence-corrected chi connectivity index (χ1v) is 4.49. The summed E-state index contributed by atoms with van der Waals surface area (Å²) in [5.41, 5.74) is -5.02. The first kappa shape index (κ1) is 15.1. The van der Waals surface area contributed by atoms with Crippen molar-refractivity contribution in [1.82, 2.24) is 0 Å². The quantitative estimate of drug-likeness (QED) is 0.474. The Bertz CT molecular complexity index is 508. The Morgan fingerprint density at radius 2 is 1.63 bits per heavy atom. The van der Waals surface area contributed by atoms with Crippen LogP contribution in [0.2, 0.25) is 0 Å². The van der Waals surface area contributed by atoms with E-state index in [4.69, 9.17) is 0 Å². The third-order valence-corrected chi connectivity index (χ3v) is 2.10. The second kappa shape index (κ2) is 4.59. The summed E-state index contributed by atoms with van der Waals surface area (Å²) in [5, 5.41) is 10.5. The molecule has 0 unspecified atom stereocenters. The highest BCUT2D eigenvalue weighted by atomic mass is 19.4. The van der Waals surface area contributed by atoms with E-state index in [1.807, 2.05) is 0 Å². The molecule has 0 fully saturated rings. The molecule has 10 heteroatoms. The molecule has 1 aromatic rings. The fourth-order valence-corrected chi connectivity index (χ4v) is 1.34. The lowest BCUT2D eigenvalue weighted by Crippen LogP contribution is -2.13. The molecule has 0 saturated heterocycles. The molecule has 0 bridgehead atoms. The molecule has 4 nitrogen and oxygen atoms in total. The summed E-state index contributed by atoms with van der Waals surface area (Å²) in [6, 6.07) is -0.236. The zero-order valence-corrected chi connectivity index (χ0v) is 9.09. The summed E-state index contributed by atoms with van der Waals surface area (Å²) in [5.74, 6) is -1.26. The Balaban J connectivity index is 3.70. The Hall–Kier alpha value is -2.00. The van der Waals surface area contributed by atoms with Crippen molar-refractivity contribution in [3.63, 3.8) is 0 Å². The van der Waals surface area contributed by atoms with Crippen LogP contribution in [0, 0.1) is 10.1 Å². The highest BCUT2D eigenvalue weighted by molar-refractivity contribution is 5.56. The van der Waals surface area contributed by atoms with Crippen LogP contribution in [0.3, 0.4) is 0 Å². The van der Waals surface area contributed by atoms with Gasteiger partial charge in [0.15, 0.2) is 0 Å². The molecular weight excluding hydrogens is 284 g/mol. The number of halogens is 6. The normalized spacial score (nSPS) is 12.4. The van der Waals surface area contributed by atoms with Crippen LogP contribution in [-0.4, -0.2) is 12.0 Å². The molecule has 0 heterocycles. The van der Waals surface area contributed by atoms with Gasteiger partial charge in [0.05, 0.1) is 17.6 Å². The van der Waals surface area contributed by atoms with Crippen molar-refractivity contribution in [2.45, 2.75) is 12.4 Å². The van der Waals surface area contributed by atoms with Gasteiger partial charge < -0.3 is 4.74 Å². The van der Waals surface area contributed by atoms with Gasteiger partial charge in [0.25, 0.3) is 0 Å². The van der Waals surface area contributed by atoms with E-state index < -0.39 is 39.8 Å². The van der Waals surface area contributed by atoms with Gasteiger partial charge in [0, 0.05) is 6.07 Å². The predicted molar refractivity (Wildman–Crippen MR) is 49.7 cm³/mol. The molecule has 0 atom stereocenters. The minimum Gasteiger partial charge on any atom is -0.490 e. The molecule has 106 valence electrons. The molecule has 0 aliphatic rings. The lowest BCUT2D eigenvalue weighted by atomic mass is 10.1. The van der Waals surface area contributed by atoms with E-state index in [2.05, 4.69) is 4.74 Å². The van der Waals surface area contributed by atoms with E-state index in [0.717, 1.165) is 0 Å². The van der Waals surface area contributed by atoms with Crippen LogP contribution in [0.25, 0.3) is 0 Å². The highest BCUT2D eigenvalue weighted by Gasteiger charge is 2.42. The predicted octanol–water partition coefficient (Wildman–Crippen LogP) is 3.64. The van der Waals surface area contributed by atoms with Crippen molar-refractivity contribution in [1.29, 1.82) is 0 Å². The maximum Gasteiger partial charge on any atom is 0.420 e. The summed E-state index contributed by atoms with van der Waals surface area (Å²) in [7, 11) is 0.699. The highest BCUT2D eigenvalue weighted by Crippen LogP contribution is 2.45. The number of nitrogens with zero attached hydrogens (tertiary/aromatic N) is 1. The fraction of sp³-hybridized carbons (Fsp3) is 0.333. The van der Waals surface area contributed by atoms with Gasteiger partial charge in [-0.2, -0.15) is 26.3 Å². The SMILES string of the molecule is COc1c([N+](=O)[O-])cc(C(F)(F)F)cc1C(F)(F)F. The van der Waals surface area contributed by atoms with Gasteiger partial charge in [-0.25, -0.2) is 0 Å². The van der Waals surface area contributed by atoms with E-state index in [1.54, 1.807) is 0 Å². The summed E-state index contributed by atoms with van der Waals surface area (Å²) in [6.07, 6.45) is -10.4. The van der Waals surface area contributed by atoms with Crippen molar-refractivity contribution in [2.75, 3.05) is 7.11 Å². The molecule has 0 aliphatic heterocycles. The molecule has 1 rings (SSSR count). The van der Waals surface area contributed by atoms with Gasteiger partial charge in [0.2, 0.25) is 5.75 Å². The Morgan fingerprint density at radius 3 is 1.95 bits per heavy atom. The monoisotopic (exact) mass is 289 g/mol. The second-order valence-corrected chi connectivity index (χ2v) is 3.33. The van der Waals surface area contributed by atoms with Crippen LogP contribution in [0.1, 0.15) is 11.1 Å². The van der Waals surface area contributed by atoms with Crippen molar-refractivity contribution in [2.24, 2.45) is 0 Å². The zero-order valence-electron chi connectivity index (χ0n) is 9.09. The molecule has 0 saturated carbocycles. The summed E-state index contributed by atoms with van der Waals surface area (Å²) < 4.78 is 79.1. The third kappa shape index (κ3) is 3.06. The van der Waals surface area contributed by atoms with E-state index in [0.29, 0.717) is 7.11 Å². The van der Waals surface area contributed by atoms with Crippen LogP contribution in [-0.2, 0) is 12.4 Å². The Morgan fingerprint density at radius 1 is 1.11 bits per heavy atom. The first-order valence-electron chi connectivity index (χ1n) is 4.49. The molecule has 0 radical (unpaired) electrons. The van der Waals surface area contributed by atoms with Crippen LogP contribution >= 0.6 is 0 Å². The molecule has 0 N–H and O–H groups in total. The van der Waals surface area contributed by atoms with E-state index >= 15 is 0 Å². The van der Waals surface area contributed by atoms with Crippen LogP contribution < -0.4 is 4.74 Å². The molecule has 0 spiro atoms. The lowest BCUT2D eigenvalue weighted by molar-refractivity contribution is -0.386. The average molecular weight is 289 g/mol. The van der Waals surface area contributed by atoms with Crippen molar-refractivity contribution in [3.05, 3.63) is 33.4 Å². The van der Waals surface area contributed by atoms with Gasteiger partial charge in [0.1, 0.15) is 5.56 Å². The molecular formula is C9H5F6NO3. The topological polar surface area (TPSA) is 52.4 Å². The number of benzene rings is 1. The summed E-state index contributed by atoms with van der Waals surface area (Å²) in [4.78, 5) is 9.16. The van der Waals surface area contributed by atoms with Crippen LogP contribution in [0.4, 0.5) is 32.0 Å². The number of nitro groups is 1. The maximum atomic E-state index is 12.6.